The molecule has 1 saturated heterocycles. The fourth-order valence-corrected chi connectivity index (χ4v) is 2.68. The Labute approximate surface area is 80.0 Å². The van der Waals surface area contributed by atoms with Crippen molar-refractivity contribution in [3.63, 3.8) is 0 Å². The van der Waals surface area contributed by atoms with E-state index in [2.05, 4.69) is 30.6 Å². The quantitative estimate of drug-likeness (QED) is 0.675. The van der Waals surface area contributed by atoms with Crippen LogP contribution in [0.15, 0.2) is 12.7 Å². The van der Waals surface area contributed by atoms with Gasteiger partial charge in [0.2, 0.25) is 0 Å². The van der Waals surface area contributed by atoms with Gasteiger partial charge in [0.1, 0.15) is 0 Å². The third-order valence-corrected chi connectivity index (χ3v) is 3.42. The van der Waals surface area contributed by atoms with Gasteiger partial charge in [0.15, 0.2) is 0 Å². The van der Waals surface area contributed by atoms with Gasteiger partial charge in [-0.05, 0) is 31.9 Å². The van der Waals surface area contributed by atoms with Crippen molar-refractivity contribution in [3.8, 4) is 0 Å². The molecule has 12 heavy (non-hydrogen) atoms. The van der Waals surface area contributed by atoms with Crippen LogP contribution in [0.4, 0.5) is 0 Å². The van der Waals surface area contributed by atoms with Crippen molar-refractivity contribution >= 4 is 11.8 Å². The van der Waals surface area contributed by atoms with Crippen LogP contribution in [0.1, 0.15) is 26.2 Å². The van der Waals surface area contributed by atoms with Crippen molar-refractivity contribution in [2.24, 2.45) is 0 Å². The lowest BCUT2D eigenvalue weighted by Gasteiger charge is -2.25. The lowest BCUT2D eigenvalue weighted by atomic mass is 10.1. The molecule has 0 aromatic rings. The highest BCUT2D eigenvalue weighted by atomic mass is 32.2. The fraction of sp³-hybridized carbons (Fsp3) is 0.800. The Morgan fingerprint density at radius 3 is 3.17 bits per heavy atom. The second-order valence-corrected chi connectivity index (χ2v) is 4.66. The Morgan fingerprint density at radius 1 is 1.75 bits per heavy atom. The topological polar surface area (TPSA) is 12.0 Å². The number of nitrogens with one attached hydrogen (secondary N) is 1. The Morgan fingerprint density at radius 2 is 2.58 bits per heavy atom. The normalized spacial score (nSPS) is 26.6. The first-order valence-electron chi connectivity index (χ1n) is 4.77. The van der Waals surface area contributed by atoms with Crippen molar-refractivity contribution in [3.05, 3.63) is 12.7 Å². The molecular formula is C10H19NS. The monoisotopic (exact) mass is 185 g/mol. The molecule has 1 fully saturated rings. The molecule has 0 spiro atoms. The van der Waals surface area contributed by atoms with Crippen LogP contribution in [0.25, 0.3) is 0 Å². The van der Waals surface area contributed by atoms with Crippen LogP contribution >= 0.6 is 11.8 Å². The average Bonchev–Trinajstić information content (AvgIpc) is 2.06. The first kappa shape index (κ1) is 10.1. The Kier molecular flexibility index (Phi) is 4.77. The second kappa shape index (κ2) is 5.65. The molecule has 0 aromatic heterocycles. The average molecular weight is 185 g/mol. The maximum absolute atomic E-state index is 3.75. The summed E-state index contributed by atoms with van der Waals surface area (Å²) in [6, 6.07) is 1.35. The maximum Gasteiger partial charge on any atom is 0.0161 e. The van der Waals surface area contributed by atoms with E-state index in [-0.39, 0.29) is 0 Å². The molecule has 1 heterocycles. The molecule has 1 nitrogen and oxygen atoms in total. The summed E-state index contributed by atoms with van der Waals surface area (Å²) < 4.78 is 0. The number of hydrogen-bond acceptors (Lipinski definition) is 2. The summed E-state index contributed by atoms with van der Waals surface area (Å²) >= 11 is 2.07. The van der Waals surface area contributed by atoms with Gasteiger partial charge in [-0.2, -0.15) is 11.8 Å². The van der Waals surface area contributed by atoms with Crippen LogP contribution in [0.3, 0.4) is 0 Å². The molecular weight excluding hydrogens is 166 g/mol. The molecule has 0 bridgehead atoms. The highest BCUT2D eigenvalue weighted by Gasteiger charge is 2.14. The molecule has 0 aliphatic carbocycles. The van der Waals surface area contributed by atoms with Gasteiger partial charge in [0.05, 0.1) is 0 Å². The number of thioether (sulfide) groups is 1. The fourth-order valence-electron chi connectivity index (χ4n) is 1.59. The summed E-state index contributed by atoms with van der Waals surface area (Å²) in [5, 5.41) is 3.63. The lowest BCUT2D eigenvalue weighted by Crippen LogP contribution is -2.39. The van der Waals surface area contributed by atoms with Gasteiger partial charge in [0.25, 0.3) is 0 Å². The SMILES string of the molecule is C=CCC(C)NC1CCCSC1. The van der Waals surface area contributed by atoms with E-state index in [0.717, 1.165) is 12.5 Å². The van der Waals surface area contributed by atoms with Gasteiger partial charge >= 0.3 is 0 Å². The third-order valence-electron chi connectivity index (χ3n) is 2.20. The molecule has 2 unspecified atom stereocenters. The highest BCUT2D eigenvalue weighted by molar-refractivity contribution is 7.99. The molecule has 2 heteroatoms. The Hall–Kier alpha value is 0.0500. The Balaban J connectivity index is 2.15. The molecule has 1 aliphatic heterocycles. The molecule has 1 aliphatic rings. The van der Waals surface area contributed by atoms with E-state index >= 15 is 0 Å². The van der Waals surface area contributed by atoms with Crippen LogP contribution in [0.2, 0.25) is 0 Å². The molecule has 0 radical (unpaired) electrons. The van der Waals surface area contributed by atoms with Gasteiger partial charge < -0.3 is 5.32 Å². The minimum Gasteiger partial charge on any atom is -0.310 e. The molecule has 70 valence electrons. The summed E-state index contributed by atoms with van der Waals surface area (Å²) in [6.45, 7) is 5.99. The summed E-state index contributed by atoms with van der Waals surface area (Å²) in [5.74, 6) is 2.65. The number of rotatable bonds is 4. The van der Waals surface area contributed by atoms with E-state index in [9.17, 15) is 0 Å². The highest BCUT2D eigenvalue weighted by Crippen LogP contribution is 2.17. The predicted molar refractivity (Wildman–Crippen MR) is 57.8 cm³/mol. The van der Waals surface area contributed by atoms with Crippen molar-refractivity contribution in [1.82, 2.24) is 5.32 Å². The van der Waals surface area contributed by atoms with Crippen molar-refractivity contribution < 1.29 is 0 Å². The standard InChI is InChI=1S/C10H19NS/c1-3-5-9(2)11-10-6-4-7-12-8-10/h3,9-11H,1,4-8H2,2H3. The van der Waals surface area contributed by atoms with Gasteiger partial charge in [-0.25, -0.2) is 0 Å². The van der Waals surface area contributed by atoms with Crippen LogP contribution in [0.5, 0.6) is 0 Å². The molecule has 0 amide bonds. The molecule has 0 aromatic carbocycles. The van der Waals surface area contributed by atoms with Gasteiger partial charge in [0, 0.05) is 17.8 Å². The van der Waals surface area contributed by atoms with E-state index < -0.39 is 0 Å². The zero-order valence-electron chi connectivity index (χ0n) is 7.88. The lowest BCUT2D eigenvalue weighted by molar-refractivity contribution is 0.445. The summed E-state index contributed by atoms with van der Waals surface area (Å²) in [7, 11) is 0. The molecule has 1 N–H and O–H groups in total. The Bertz CT molecular complexity index is 130. The van der Waals surface area contributed by atoms with Crippen molar-refractivity contribution in [2.45, 2.75) is 38.3 Å². The van der Waals surface area contributed by atoms with E-state index in [1.807, 2.05) is 6.08 Å². The van der Waals surface area contributed by atoms with Crippen molar-refractivity contribution in [1.29, 1.82) is 0 Å². The zero-order valence-corrected chi connectivity index (χ0v) is 8.70. The maximum atomic E-state index is 3.75. The van der Waals surface area contributed by atoms with Gasteiger partial charge in [-0.15, -0.1) is 6.58 Å². The molecule has 1 rings (SSSR count). The number of hydrogen-bond donors (Lipinski definition) is 1. The van der Waals surface area contributed by atoms with Crippen LogP contribution in [-0.4, -0.2) is 23.6 Å². The predicted octanol–water partition coefficient (Wildman–Crippen LogP) is 2.44. The van der Waals surface area contributed by atoms with E-state index in [0.29, 0.717) is 6.04 Å². The van der Waals surface area contributed by atoms with E-state index in [1.165, 1.54) is 24.3 Å². The third kappa shape index (κ3) is 3.63. The zero-order chi connectivity index (χ0) is 8.81. The smallest absolute Gasteiger partial charge is 0.0161 e. The second-order valence-electron chi connectivity index (χ2n) is 3.51. The van der Waals surface area contributed by atoms with Crippen molar-refractivity contribution in [2.75, 3.05) is 11.5 Å². The first-order chi connectivity index (χ1) is 5.83. The van der Waals surface area contributed by atoms with Crippen LogP contribution < -0.4 is 5.32 Å². The summed E-state index contributed by atoms with van der Waals surface area (Å²) in [6.07, 6.45) is 5.81. The summed E-state index contributed by atoms with van der Waals surface area (Å²) in [4.78, 5) is 0. The largest absolute Gasteiger partial charge is 0.310 e. The van der Waals surface area contributed by atoms with Crippen LogP contribution in [0, 0.1) is 0 Å². The first-order valence-corrected chi connectivity index (χ1v) is 5.93. The van der Waals surface area contributed by atoms with Gasteiger partial charge in [-0.1, -0.05) is 6.08 Å². The summed E-state index contributed by atoms with van der Waals surface area (Å²) in [5.41, 5.74) is 0. The minimum absolute atomic E-state index is 0.603. The molecule has 2 atom stereocenters. The van der Waals surface area contributed by atoms with E-state index in [4.69, 9.17) is 0 Å². The van der Waals surface area contributed by atoms with Crippen LogP contribution in [-0.2, 0) is 0 Å². The van der Waals surface area contributed by atoms with Gasteiger partial charge in [-0.3, -0.25) is 0 Å². The van der Waals surface area contributed by atoms with E-state index in [1.54, 1.807) is 0 Å². The minimum atomic E-state index is 0.603. The molecule has 0 saturated carbocycles.